The van der Waals surface area contributed by atoms with Crippen LogP contribution in [0.5, 0.6) is 0 Å². The third-order valence-corrected chi connectivity index (χ3v) is 4.14. The van der Waals surface area contributed by atoms with Gasteiger partial charge in [-0.3, -0.25) is 0 Å². The minimum Gasteiger partial charge on any atom is -0.463 e. The molecule has 126 valence electrons. The quantitative estimate of drug-likeness (QED) is 0.364. The predicted molar refractivity (Wildman–Crippen MR) is 86.4 cm³/mol. The number of esters is 2. The Hall–Kier alpha value is -1.32. The maximum Gasteiger partial charge on any atom is 0.334 e. The Morgan fingerprint density at radius 2 is 1.50 bits per heavy atom. The molecular weight excluding hydrogens is 280 g/mol. The first-order chi connectivity index (χ1) is 10.7. The zero-order chi connectivity index (χ0) is 16.4. The van der Waals surface area contributed by atoms with Gasteiger partial charge in [0.25, 0.3) is 0 Å². The number of carbonyl (C=O) groups excluding carboxylic acids is 2. The molecular formula is C18H30O4. The zero-order valence-corrected chi connectivity index (χ0v) is 14.3. The number of ether oxygens (including phenoxy) is 2. The second kappa shape index (κ2) is 10.4. The summed E-state index contributed by atoms with van der Waals surface area (Å²) in [6.45, 7) is 6.38. The normalized spacial score (nSPS) is 16.3. The second-order valence-electron chi connectivity index (χ2n) is 5.77. The van der Waals surface area contributed by atoms with Gasteiger partial charge in [-0.25, -0.2) is 9.59 Å². The van der Waals surface area contributed by atoms with E-state index < -0.39 is 0 Å². The fourth-order valence-corrected chi connectivity index (χ4v) is 3.08. The van der Waals surface area contributed by atoms with Crippen LogP contribution in [0.15, 0.2) is 11.1 Å². The summed E-state index contributed by atoms with van der Waals surface area (Å²) < 4.78 is 10.4. The third-order valence-electron chi connectivity index (χ3n) is 4.14. The van der Waals surface area contributed by atoms with Crippen molar-refractivity contribution in [2.24, 2.45) is 5.92 Å². The molecule has 1 aliphatic carbocycles. The molecule has 0 bridgehead atoms. The van der Waals surface area contributed by atoms with Crippen LogP contribution < -0.4 is 0 Å². The lowest BCUT2D eigenvalue weighted by molar-refractivity contribution is -0.142. The highest BCUT2D eigenvalue weighted by Gasteiger charge is 2.31. The topological polar surface area (TPSA) is 52.6 Å². The molecule has 0 aromatic heterocycles. The Labute approximate surface area is 134 Å². The van der Waals surface area contributed by atoms with Crippen LogP contribution in [0.1, 0.15) is 72.1 Å². The van der Waals surface area contributed by atoms with Crippen LogP contribution in [0.25, 0.3) is 0 Å². The average molecular weight is 310 g/mol. The van der Waals surface area contributed by atoms with Gasteiger partial charge in [0.15, 0.2) is 0 Å². The first-order valence-corrected chi connectivity index (χ1v) is 8.72. The molecule has 0 saturated heterocycles. The number of hydrogen-bond acceptors (Lipinski definition) is 4. The van der Waals surface area contributed by atoms with E-state index in [1.165, 1.54) is 0 Å². The van der Waals surface area contributed by atoms with Crippen LogP contribution in [-0.2, 0) is 19.1 Å². The Morgan fingerprint density at radius 3 is 2.05 bits per heavy atom. The standard InChI is InChI=1S/C18H30O4/c1-4-7-8-13-15(17(19)21-5-2)16(18(20)22-6-3)14-11-9-10-12-14/h14H,4-13H2,1-3H3. The molecule has 1 aliphatic rings. The van der Waals surface area contributed by atoms with Gasteiger partial charge < -0.3 is 9.47 Å². The molecule has 0 radical (unpaired) electrons. The molecule has 22 heavy (non-hydrogen) atoms. The average Bonchev–Trinajstić information content (AvgIpc) is 3.00. The number of carbonyl (C=O) groups is 2. The summed E-state index contributed by atoms with van der Waals surface area (Å²) >= 11 is 0. The highest BCUT2D eigenvalue weighted by Crippen LogP contribution is 2.35. The number of unbranched alkanes of at least 4 members (excludes halogenated alkanes) is 2. The van der Waals surface area contributed by atoms with Crippen LogP contribution >= 0.6 is 0 Å². The van der Waals surface area contributed by atoms with Crippen LogP contribution in [0.2, 0.25) is 0 Å². The first kappa shape index (κ1) is 18.7. The maximum atomic E-state index is 12.4. The predicted octanol–water partition coefficient (Wildman–Crippen LogP) is 4.18. The summed E-state index contributed by atoms with van der Waals surface area (Å²) in [5.74, 6) is -0.511. The van der Waals surface area contributed by atoms with Gasteiger partial charge in [-0.15, -0.1) is 0 Å². The van der Waals surface area contributed by atoms with Crippen molar-refractivity contribution >= 4 is 11.9 Å². The maximum absolute atomic E-state index is 12.4. The second-order valence-corrected chi connectivity index (χ2v) is 5.77. The minimum absolute atomic E-state index is 0.153. The fraction of sp³-hybridized carbons (Fsp3) is 0.778. The Morgan fingerprint density at radius 1 is 0.909 bits per heavy atom. The third kappa shape index (κ3) is 5.47. The van der Waals surface area contributed by atoms with E-state index in [0.29, 0.717) is 30.8 Å². The summed E-state index contributed by atoms with van der Waals surface area (Å²) in [4.78, 5) is 24.8. The largest absolute Gasteiger partial charge is 0.463 e. The summed E-state index contributed by atoms with van der Waals surface area (Å²) in [5.41, 5.74) is 1.15. The van der Waals surface area contributed by atoms with Crippen molar-refractivity contribution in [3.05, 3.63) is 11.1 Å². The van der Waals surface area contributed by atoms with Gasteiger partial charge in [0.2, 0.25) is 0 Å². The van der Waals surface area contributed by atoms with E-state index in [1.54, 1.807) is 13.8 Å². The summed E-state index contributed by atoms with van der Waals surface area (Å²) in [6.07, 6.45) is 7.78. The fourth-order valence-electron chi connectivity index (χ4n) is 3.08. The smallest absolute Gasteiger partial charge is 0.334 e. The molecule has 0 heterocycles. The number of rotatable bonds is 9. The Kier molecular flexibility index (Phi) is 8.86. The molecule has 0 aromatic rings. The Bertz CT molecular complexity index is 392. The summed E-state index contributed by atoms with van der Waals surface area (Å²) in [6, 6.07) is 0. The summed E-state index contributed by atoms with van der Waals surface area (Å²) in [5, 5.41) is 0. The molecule has 0 N–H and O–H groups in total. The van der Waals surface area contributed by atoms with E-state index in [9.17, 15) is 9.59 Å². The molecule has 0 aliphatic heterocycles. The lowest BCUT2D eigenvalue weighted by atomic mass is 9.90. The van der Waals surface area contributed by atoms with Gasteiger partial charge in [0.1, 0.15) is 0 Å². The van der Waals surface area contributed by atoms with Gasteiger partial charge in [0.05, 0.1) is 18.8 Å². The monoisotopic (exact) mass is 310 g/mol. The van der Waals surface area contributed by atoms with Crippen LogP contribution in [-0.4, -0.2) is 25.2 Å². The molecule has 4 heteroatoms. The van der Waals surface area contributed by atoms with Gasteiger partial charge in [-0.2, -0.15) is 0 Å². The molecule has 1 fully saturated rings. The minimum atomic E-state index is -0.339. The van der Waals surface area contributed by atoms with Gasteiger partial charge in [-0.05, 0) is 45.4 Å². The zero-order valence-electron chi connectivity index (χ0n) is 14.3. The van der Waals surface area contributed by atoms with E-state index in [1.807, 2.05) is 0 Å². The van der Waals surface area contributed by atoms with E-state index in [-0.39, 0.29) is 17.9 Å². The van der Waals surface area contributed by atoms with Crippen LogP contribution in [0.4, 0.5) is 0 Å². The van der Waals surface area contributed by atoms with Gasteiger partial charge >= 0.3 is 11.9 Å². The lowest BCUT2D eigenvalue weighted by Gasteiger charge is -2.18. The van der Waals surface area contributed by atoms with Crippen molar-refractivity contribution in [1.82, 2.24) is 0 Å². The van der Waals surface area contributed by atoms with E-state index in [0.717, 1.165) is 44.9 Å². The molecule has 0 spiro atoms. The molecule has 0 atom stereocenters. The van der Waals surface area contributed by atoms with E-state index in [4.69, 9.17) is 9.47 Å². The number of hydrogen-bond donors (Lipinski definition) is 0. The molecule has 4 nitrogen and oxygen atoms in total. The molecule has 1 saturated carbocycles. The van der Waals surface area contributed by atoms with Crippen molar-refractivity contribution in [3.8, 4) is 0 Å². The van der Waals surface area contributed by atoms with Crippen molar-refractivity contribution in [3.63, 3.8) is 0 Å². The van der Waals surface area contributed by atoms with Gasteiger partial charge in [-0.1, -0.05) is 32.6 Å². The van der Waals surface area contributed by atoms with Gasteiger partial charge in [0, 0.05) is 5.57 Å². The van der Waals surface area contributed by atoms with Crippen molar-refractivity contribution in [2.45, 2.75) is 72.1 Å². The Balaban J connectivity index is 3.09. The highest BCUT2D eigenvalue weighted by molar-refractivity contribution is 6.00. The highest BCUT2D eigenvalue weighted by atomic mass is 16.5. The van der Waals surface area contributed by atoms with Crippen LogP contribution in [0, 0.1) is 5.92 Å². The van der Waals surface area contributed by atoms with Crippen molar-refractivity contribution < 1.29 is 19.1 Å². The lowest BCUT2D eigenvalue weighted by Crippen LogP contribution is -2.21. The summed E-state index contributed by atoms with van der Waals surface area (Å²) in [7, 11) is 0. The van der Waals surface area contributed by atoms with E-state index in [2.05, 4.69) is 6.92 Å². The molecule has 0 unspecified atom stereocenters. The van der Waals surface area contributed by atoms with Crippen molar-refractivity contribution in [2.75, 3.05) is 13.2 Å². The van der Waals surface area contributed by atoms with E-state index >= 15 is 0 Å². The molecule has 1 rings (SSSR count). The van der Waals surface area contributed by atoms with Crippen molar-refractivity contribution in [1.29, 1.82) is 0 Å². The molecule has 0 aromatic carbocycles. The SMILES string of the molecule is CCCCCC(C(=O)OCC)=C(C(=O)OCC)C1CCCC1. The molecule has 0 amide bonds. The van der Waals surface area contributed by atoms with Crippen LogP contribution in [0.3, 0.4) is 0 Å². The first-order valence-electron chi connectivity index (χ1n) is 8.72.